The van der Waals surface area contributed by atoms with Crippen molar-refractivity contribution < 1.29 is 22.5 Å². The molecule has 1 aliphatic rings. The Morgan fingerprint density at radius 3 is 2.20 bits per heavy atom. The molecule has 0 aliphatic carbocycles. The topological polar surface area (TPSA) is 113 Å². The number of nitrogens with one attached hydrogen (secondary N) is 1. The van der Waals surface area contributed by atoms with Crippen LogP contribution < -0.4 is 5.32 Å². The van der Waals surface area contributed by atoms with Crippen LogP contribution in [0.25, 0.3) is 0 Å². The highest BCUT2D eigenvalue weighted by Gasteiger charge is 2.35. The van der Waals surface area contributed by atoms with E-state index < -0.39 is 16.1 Å². The number of piperazine rings is 1. The summed E-state index contributed by atoms with van der Waals surface area (Å²) < 4.78 is 32.2. The smallest absolute Gasteiger partial charge is 0.248 e. The van der Waals surface area contributed by atoms with Crippen molar-refractivity contribution in [2.24, 2.45) is 0 Å². The number of anilines is 1. The number of carbonyl (C=O) groups excluding carboxylic acids is 2. The Morgan fingerprint density at radius 1 is 1.10 bits per heavy atom. The lowest BCUT2D eigenvalue weighted by molar-refractivity contribution is -0.121. The van der Waals surface area contributed by atoms with Crippen LogP contribution in [0.4, 0.5) is 5.69 Å². The second-order valence-corrected chi connectivity index (χ2v) is 9.27. The van der Waals surface area contributed by atoms with Crippen LogP contribution in [0.5, 0.6) is 0 Å². The summed E-state index contributed by atoms with van der Waals surface area (Å²) >= 11 is 0. The average Bonchev–Trinajstić information content (AvgIpc) is 3.06. The predicted molar refractivity (Wildman–Crippen MR) is 111 cm³/mol. The molecule has 1 saturated heterocycles. The molecule has 1 aromatic carbocycles. The summed E-state index contributed by atoms with van der Waals surface area (Å²) in [6, 6.07) is 6.29. The van der Waals surface area contributed by atoms with Crippen molar-refractivity contribution in [3.8, 4) is 0 Å². The van der Waals surface area contributed by atoms with Crippen molar-refractivity contribution >= 4 is 27.4 Å². The standard InChI is InChI=1S/C20H26N4O5S/c1-13-19(16(4)29-22-13)30(27,28)24-11-9-23(10-12-24)14(2)20(26)21-18-7-5-17(6-8-18)15(3)25/h5-8,14H,9-12H2,1-4H3,(H,21,26). The third kappa shape index (κ3) is 4.45. The van der Waals surface area contributed by atoms with E-state index in [0.29, 0.717) is 30.0 Å². The molecule has 0 radical (unpaired) electrons. The minimum Gasteiger partial charge on any atom is -0.360 e. The van der Waals surface area contributed by atoms with Crippen molar-refractivity contribution in [1.82, 2.24) is 14.4 Å². The number of amides is 1. The fourth-order valence-electron chi connectivity index (χ4n) is 3.50. The molecule has 2 heterocycles. The third-order valence-corrected chi connectivity index (χ3v) is 7.47. The summed E-state index contributed by atoms with van der Waals surface area (Å²) in [5.74, 6) is 0.0525. The molecule has 1 atom stereocenters. The Morgan fingerprint density at radius 2 is 1.70 bits per heavy atom. The van der Waals surface area contributed by atoms with Gasteiger partial charge in [-0.25, -0.2) is 8.42 Å². The van der Waals surface area contributed by atoms with E-state index in [0.717, 1.165) is 0 Å². The first-order chi connectivity index (χ1) is 14.1. The van der Waals surface area contributed by atoms with Crippen molar-refractivity contribution in [2.75, 3.05) is 31.5 Å². The monoisotopic (exact) mass is 434 g/mol. The van der Waals surface area contributed by atoms with E-state index >= 15 is 0 Å². The molecule has 10 heteroatoms. The van der Waals surface area contributed by atoms with Gasteiger partial charge in [0, 0.05) is 37.4 Å². The number of ketones is 1. The maximum Gasteiger partial charge on any atom is 0.248 e. The van der Waals surface area contributed by atoms with Gasteiger partial charge in [-0.15, -0.1) is 0 Å². The summed E-state index contributed by atoms with van der Waals surface area (Å²) in [6.45, 7) is 7.88. The van der Waals surface area contributed by atoms with Gasteiger partial charge in [0.1, 0.15) is 10.6 Å². The number of sulfonamides is 1. The van der Waals surface area contributed by atoms with Crippen LogP contribution in [-0.4, -0.2) is 66.7 Å². The zero-order valence-electron chi connectivity index (χ0n) is 17.5. The van der Waals surface area contributed by atoms with Gasteiger partial charge in [-0.2, -0.15) is 4.31 Å². The second kappa shape index (κ2) is 8.66. The number of Topliss-reactive ketones (excluding diaryl/α,β-unsaturated/α-hetero) is 1. The van der Waals surface area contributed by atoms with Crippen molar-refractivity contribution in [3.05, 3.63) is 41.3 Å². The van der Waals surface area contributed by atoms with Gasteiger partial charge in [-0.3, -0.25) is 14.5 Å². The molecule has 1 N–H and O–H groups in total. The zero-order valence-corrected chi connectivity index (χ0v) is 18.3. The Kier molecular flexibility index (Phi) is 6.39. The number of aromatic nitrogens is 1. The summed E-state index contributed by atoms with van der Waals surface area (Å²) in [6.07, 6.45) is 0. The highest BCUT2D eigenvalue weighted by Crippen LogP contribution is 2.24. The Bertz CT molecular complexity index is 1020. The van der Waals surface area contributed by atoms with E-state index in [1.807, 2.05) is 4.90 Å². The predicted octanol–water partition coefficient (Wildman–Crippen LogP) is 1.83. The lowest BCUT2D eigenvalue weighted by atomic mass is 10.1. The van der Waals surface area contributed by atoms with Gasteiger partial charge in [-0.05, 0) is 52.0 Å². The molecular formula is C20H26N4O5S. The Hall–Kier alpha value is -2.56. The van der Waals surface area contributed by atoms with E-state index in [-0.39, 0.29) is 35.4 Å². The van der Waals surface area contributed by atoms with Crippen LogP contribution in [0, 0.1) is 13.8 Å². The first-order valence-corrected chi connectivity index (χ1v) is 11.1. The number of aryl methyl sites for hydroxylation is 2. The number of carbonyl (C=O) groups is 2. The number of nitrogens with zero attached hydrogens (tertiary/aromatic N) is 3. The van der Waals surface area contributed by atoms with E-state index in [9.17, 15) is 18.0 Å². The largest absolute Gasteiger partial charge is 0.360 e. The van der Waals surface area contributed by atoms with Gasteiger partial charge in [0.25, 0.3) is 0 Å². The molecule has 1 amide bonds. The van der Waals surface area contributed by atoms with Crippen LogP contribution in [-0.2, 0) is 14.8 Å². The van der Waals surface area contributed by atoms with Gasteiger partial charge >= 0.3 is 0 Å². The molecule has 1 fully saturated rings. The molecular weight excluding hydrogens is 408 g/mol. The minimum absolute atomic E-state index is 0.0364. The van der Waals surface area contributed by atoms with E-state index in [1.165, 1.54) is 11.2 Å². The molecule has 0 bridgehead atoms. The number of rotatable bonds is 6. The lowest BCUT2D eigenvalue weighted by Gasteiger charge is -2.36. The molecule has 1 aromatic heterocycles. The molecule has 1 aliphatic heterocycles. The molecule has 0 saturated carbocycles. The quantitative estimate of drug-likeness (QED) is 0.690. The molecule has 162 valence electrons. The molecule has 1 unspecified atom stereocenters. The average molecular weight is 435 g/mol. The first-order valence-electron chi connectivity index (χ1n) is 9.70. The molecule has 30 heavy (non-hydrogen) atoms. The maximum atomic E-state index is 12.9. The van der Waals surface area contributed by atoms with Crippen molar-refractivity contribution in [1.29, 1.82) is 0 Å². The highest BCUT2D eigenvalue weighted by atomic mass is 32.2. The number of hydrogen-bond acceptors (Lipinski definition) is 7. The molecule has 2 aromatic rings. The van der Waals surface area contributed by atoms with E-state index in [2.05, 4.69) is 10.5 Å². The maximum absolute atomic E-state index is 12.9. The molecule has 0 spiro atoms. The van der Waals surface area contributed by atoms with Crippen LogP contribution in [0.3, 0.4) is 0 Å². The van der Waals surface area contributed by atoms with Gasteiger partial charge in [-0.1, -0.05) is 5.16 Å². The van der Waals surface area contributed by atoms with E-state index in [4.69, 9.17) is 4.52 Å². The van der Waals surface area contributed by atoms with Gasteiger partial charge in [0.2, 0.25) is 15.9 Å². The summed E-state index contributed by atoms with van der Waals surface area (Å²) in [5.41, 5.74) is 1.53. The van der Waals surface area contributed by atoms with Crippen LogP contribution >= 0.6 is 0 Å². The fraction of sp³-hybridized carbons (Fsp3) is 0.450. The van der Waals surface area contributed by atoms with Crippen molar-refractivity contribution in [2.45, 2.75) is 38.6 Å². The van der Waals surface area contributed by atoms with Crippen LogP contribution in [0.15, 0.2) is 33.7 Å². The zero-order chi connectivity index (χ0) is 22.1. The normalized spacial score (nSPS) is 16.9. The van der Waals surface area contributed by atoms with Crippen molar-refractivity contribution in [3.63, 3.8) is 0 Å². The van der Waals surface area contributed by atoms with Crippen LogP contribution in [0.1, 0.15) is 35.7 Å². The summed E-state index contributed by atoms with van der Waals surface area (Å²) in [5, 5.41) is 6.58. The molecule has 9 nitrogen and oxygen atoms in total. The first kappa shape index (κ1) is 22.1. The Labute approximate surface area is 176 Å². The second-order valence-electron chi connectivity index (χ2n) is 7.39. The summed E-state index contributed by atoms with van der Waals surface area (Å²) in [7, 11) is -3.69. The lowest BCUT2D eigenvalue weighted by Crippen LogP contribution is -2.54. The summed E-state index contributed by atoms with van der Waals surface area (Å²) in [4.78, 5) is 26.0. The molecule has 3 rings (SSSR count). The number of benzene rings is 1. The number of hydrogen-bond donors (Lipinski definition) is 1. The van der Waals surface area contributed by atoms with Gasteiger partial charge in [0.15, 0.2) is 11.5 Å². The third-order valence-electron chi connectivity index (χ3n) is 5.33. The SMILES string of the molecule is CC(=O)c1ccc(NC(=O)C(C)N2CCN(S(=O)(=O)c3c(C)noc3C)CC2)cc1. The Balaban J connectivity index is 1.60. The van der Waals surface area contributed by atoms with Crippen LogP contribution in [0.2, 0.25) is 0 Å². The minimum atomic E-state index is -3.69. The van der Waals surface area contributed by atoms with Gasteiger partial charge < -0.3 is 9.84 Å². The van der Waals surface area contributed by atoms with E-state index in [1.54, 1.807) is 45.0 Å². The van der Waals surface area contributed by atoms with Gasteiger partial charge in [0.05, 0.1) is 6.04 Å². The fourth-order valence-corrected chi connectivity index (χ4v) is 5.22. The highest BCUT2D eigenvalue weighted by molar-refractivity contribution is 7.89.